The number of thiophene rings is 1. The first-order valence-electron chi connectivity index (χ1n) is 5.64. The fourth-order valence-corrected chi connectivity index (χ4v) is 3.88. The third-order valence-corrected chi connectivity index (χ3v) is 4.95. The van der Waals surface area contributed by atoms with Gasteiger partial charge in [-0.2, -0.15) is 0 Å². The Morgan fingerprint density at radius 3 is 2.56 bits per heavy atom. The summed E-state index contributed by atoms with van der Waals surface area (Å²) in [4.78, 5) is 0. The summed E-state index contributed by atoms with van der Waals surface area (Å²) in [5, 5.41) is 3.53. The molecule has 1 aliphatic rings. The molecule has 2 unspecified atom stereocenters. The van der Waals surface area contributed by atoms with Crippen LogP contribution in [0.4, 0.5) is 0 Å². The van der Waals surface area contributed by atoms with Gasteiger partial charge in [0.05, 0.1) is 8.67 Å². The van der Waals surface area contributed by atoms with Crippen LogP contribution in [0.1, 0.15) is 38.8 Å². The Morgan fingerprint density at radius 1 is 1.56 bits per heavy atom. The Balaban J connectivity index is 2.23. The second kappa shape index (κ2) is 4.49. The van der Waals surface area contributed by atoms with Gasteiger partial charge in [0.25, 0.3) is 0 Å². The molecule has 1 aliphatic carbocycles. The minimum Gasteiger partial charge on any atom is -0.310 e. The number of nitrogens with one attached hydrogen (secondary N) is 1. The fraction of sp³-hybridized carbons (Fsp3) is 0.667. The predicted octanol–water partition coefficient (Wildman–Crippen LogP) is 4.75. The smallest absolute Gasteiger partial charge is 0.0992 e. The summed E-state index contributed by atoms with van der Waals surface area (Å²) in [6.45, 7) is 7.71. The average Bonchev–Trinajstić information content (AvgIpc) is 2.66. The molecule has 2 rings (SSSR count). The quantitative estimate of drug-likeness (QED) is 0.838. The zero-order chi connectivity index (χ0) is 11.9. The Labute approximate surface area is 111 Å². The van der Waals surface area contributed by atoms with Gasteiger partial charge in [-0.05, 0) is 30.4 Å². The van der Waals surface area contributed by atoms with Crippen molar-refractivity contribution in [2.24, 2.45) is 11.3 Å². The number of rotatable bonds is 4. The van der Waals surface area contributed by atoms with E-state index in [2.05, 4.69) is 26.1 Å². The van der Waals surface area contributed by atoms with Gasteiger partial charge in [0.1, 0.15) is 0 Å². The summed E-state index contributed by atoms with van der Waals surface area (Å²) < 4.78 is 1.61. The van der Waals surface area contributed by atoms with Gasteiger partial charge in [-0.3, -0.25) is 0 Å². The Hall–Kier alpha value is 0.240. The highest BCUT2D eigenvalue weighted by Gasteiger charge is 2.50. The molecule has 1 saturated carbocycles. The lowest BCUT2D eigenvalue weighted by molar-refractivity contribution is 0.424. The van der Waals surface area contributed by atoms with Crippen LogP contribution < -0.4 is 5.32 Å². The van der Waals surface area contributed by atoms with Gasteiger partial charge in [0.15, 0.2) is 0 Å². The molecule has 0 bridgehead atoms. The van der Waals surface area contributed by atoms with E-state index in [0.29, 0.717) is 17.4 Å². The van der Waals surface area contributed by atoms with Crippen molar-refractivity contribution in [3.8, 4) is 0 Å². The number of halogens is 2. The van der Waals surface area contributed by atoms with Crippen molar-refractivity contribution in [1.82, 2.24) is 5.32 Å². The van der Waals surface area contributed by atoms with Crippen LogP contribution in [-0.4, -0.2) is 6.54 Å². The first kappa shape index (κ1) is 12.7. The second-order valence-electron chi connectivity index (χ2n) is 5.11. The topological polar surface area (TPSA) is 12.0 Å². The normalized spacial score (nSPS) is 24.4. The molecule has 16 heavy (non-hydrogen) atoms. The molecule has 0 spiro atoms. The van der Waals surface area contributed by atoms with Crippen LogP contribution in [-0.2, 0) is 0 Å². The summed E-state index contributed by atoms with van der Waals surface area (Å²) in [5.74, 6) is 0.676. The Morgan fingerprint density at radius 2 is 2.19 bits per heavy atom. The highest BCUT2D eigenvalue weighted by molar-refractivity contribution is 7.20. The van der Waals surface area contributed by atoms with Crippen LogP contribution in [0.2, 0.25) is 8.67 Å². The zero-order valence-corrected chi connectivity index (χ0v) is 12.1. The monoisotopic (exact) mass is 277 g/mol. The van der Waals surface area contributed by atoms with Crippen molar-refractivity contribution < 1.29 is 0 Å². The third-order valence-electron chi connectivity index (χ3n) is 3.43. The maximum absolute atomic E-state index is 6.23. The van der Waals surface area contributed by atoms with Crippen molar-refractivity contribution >= 4 is 34.5 Å². The van der Waals surface area contributed by atoms with E-state index in [0.717, 1.165) is 15.2 Å². The summed E-state index contributed by atoms with van der Waals surface area (Å²) >= 11 is 13.7. The molecule has 4 heteroatoms. The van der Waals surface area contributed by atoms with Gasteiger partial charge < -0.3 is 5.32 Å². The molecule has 1 aromatic rings. The summed E-state index contributed by atoms with van der Waals surface area (Å²) in [6.07, 6.45) is 1.26. The Bertz CT molecular complexity index is 386. The SMILES string of the molecule is CCNC(c1cc(Cl)sc1Cl)C1CC1(C)C. The molecule has 0 radical (unpaired) electrons. The lowest BCUT2D eigenvalue weighted by Crippen LogP contribution is -2.24. The van der Waals surface area contributed by atoms with Gasteiger partial charge in [0, 0.05) is 11.6 Å². The highest BCUT2D eigenvalue weighted by atomic mass is 35.5. The van der Waals surface area contributed by atoms with E-state index < -0.39 is 0 Å². The largest absolute Gasteiger partial charge is 0.310 e. The van der Waals surface area contributed by atoms with E-state index >= 15 is 0 Å². The standard InChI is InChI=1S/C12H17Cl2NS/c1-4-15-10(8-6-12(8,2)3)7-5-9(13)16-11(7)14/h5,8,10,15H,4,6H2,1-3H3. The highest BCUT2D eigenvalue weighted by Crippen LogP contribution is 2.59. The molecule has 0 amide bonds. The molecule has 1 heterocycles. The van der Waals surface area contributed by atoms with E-state index in [1.807, 2.05) is 6.07 Å². The molecule has 0 saturated heterocycles. The molecule has 1 nitrogen and oxygen atoms in total. The zero-order valence-electron chi connectivity index (χ0n) is 9.81. The predicted molar refractivity (Wildman–Crippen MR) is 72.6 cm³/mol. The molecule has 1 fully saturated rings. The minimum atomic E-state index is 0.358. The molecule has 2 atom stereocenters. The summed E-state index contributed by atoms with van der Waals surface area (Å²) in [5.41, 5.74) is 1.61. The second-order valence-corrected chi connectivity index (χ2v) is 7.40. The van der Waals surface area contributed by atoms with Gasteiger partial charge in [-0.1, -0.05) is 44.0 Å². The molecule has 90 valence electrons. The minimum absolute atomic E-state index is 0.358. The molecule has 1 aromatic heterocycles. The molecule has 0 aromatic carbocycles. The van der Waals surface area contributed by atoms with Crippen molar-refractivity contribution in [3.05, 3.63) is 20.3 Å². The van der Waals surface area contributed by atoms with Crippen molar-refractivity contribution in [1.29, 1.82) is 0 Å². The van der Waals surface area contributed by atoms with E-state index in [-0.39, 0.29) is 0 Å². The van der Waals surface area contributed by atoms with E-state index in [4.69, 9.17) is 23.2 Å². The van der Waals surface area contributed by atoms with E-state index in [9.17, 15) is 0 Å². The molecule has 1 N–H and O–H groups in total. The van der Waals surface area contributed by atoms with Gasteiger partial charge in [0.2, 0.25) is 0 Å². The summed E-state index contributed by atoms with van der Waals surface area (Å²) in [6, 6.07) is 2.37. The van der Waals surface area contributed by atoms with Crippen molar-refractivity contribution in [2.75, 3.05) is 6.54 Å². The van der Waals surface area contributed by atoms with E-state index in [1.54, 1.807) is 0 Å². The lowest BCUT2D eigenvalue weighted by Gasteiger charge is -2.19. The maximum atomic E-state index is 6.23. The fourth-order valence-electron chi connectivity index (χ4n) is 2.33. The lowest BCUT2D eigenvalue weighted by atomic mass is 9.99. The number of hydrogen-bond acceptors (Lipinski definition) is 2. The van der Waals surface area contributed by atoms with Crippen molar-refractivity contribution in [2.45, 2.75) is 33.2 Å². The van der Waals surface area contributed by atoms with Crippen molar-refractivity contribution in [3.63, 3.8) is 0 Å². The third kappa shape index (κ3) is 2.40. The average molecular weight is 278 g/mol. The van der Waals surface area contributed by atoms with Crippen LogP contribution in [0.5, 0.6) is 0 Å². The Kier molecular flexibility index (Phi) is 3.56. The van der Waals surface area contributed by atoms with Gasteiger partial charge >= 0.3 is 0 Å². The molecular weight excluding hydrogens is 261 g/mol. The van der Waals surface area contributed by atoms with Crippen LogP contribution in [0.15, 0.2) is 6.07 Å². The van der Waals surface area contributed by atoms with Crippen LogP contribution >= 0.6 is 34.5 Å². The van der Waals surface area contributed by atoms with Gasteiger partial charge in [-0.15, -0.1) is 11.3 Å². The van der Waals surface area contributed by atoms with Crippen LogP contribution in [0.25, 0.3) is 0 Å². The van der Waals surface area contributed by atoms with Crippen LogP contribution in [0.3, 0.4) is 0 Å². The summed E-state index contributed by atoms with van der Waals surface area (Å²) in [7, 11) is 0. The maximum Gasteiger partial charge on any atom is 0.0992 e. The van der Waals surface area contributed by atoms with Crippen LogP contribution in [0, 0.1) is 11.3 Å². The first-order valence-corrected chi connectivity index (χ1v) is 7.21. The van der Waals surface area contributed by atoms with E-state index in [1.165, 1.54) is 23.3 Å². The molecular formula is C12H17Cl2NS. The van der Waals surface area contributed by atoms with Gasteiger partial charge in [-0.25, -0.2) is 0 Å². The molecule has 0 aliphatic heterocycles. The number of hydrogen-bond donors (Lipinski definition) is 1. The first-order chi connectivity index (χ1) is 7.45.